The number of aromatic hydroxyl groups is 1. The van der Waals surface area contributed by atoms with Crippen molar-refractivity contribution in [1.29, 1.82) is 0 Å². The van der Waals surface area contributed by atoms with Crippen LogP contribution in [0.4, 0.5) is 0 Å². The highest BCUT2D eigenvalue weighted by Gasteiger charge is 2.35. The van der Waals surface area contributed by atoms with E-state index >= 15 is 0 Å². The van der Waals surface area contributed by atoms with Gasteiger partial charge in [-0.05, 0) is 105 Å². The average molecular weight is 879 g/mol. The number of aliphatic hydroxyl groups excluding tert-OH is 1. The van der Waals surface area contributed by atoms with Crippen LogP contribution in [0.15, 0.2) is 48.5 Å². The number of esters is 2. The fraction of sp³-hybridized carbons (Fsp3) is 0.625. The number of phenols is 1. The highest BCUT2D eigenvalue weighted by atomic mass is 16.5. The van der Waals surface area contributed by atoms with Gasteiger partial charge >= 0.3 is 11.9 Å². The molecule has 0 unspecified atom stereocenters. The van der Waals surface area contributed by atoms with E-state index in [1.165, 1.54) is 26.4 Å². The van der Waals surface area contributed by atoms with Gasteiger partial charge in [-0.15, -0.1) is 0 Å². The maximum atomic E-state index is 13.2. The van der Waals surface area contributed by atoms with Gasteiger partial charge in [0.1, 0.15) is 35.7 Å². The van der Waals surface area contributed by atoms with E-state index in [0.29, 0.717) is 44.3 Å². The van der Waals surface area contributed by atoms with Crippen molar-refractivity contribution in [1.82, 2.24) is 21.3 Å². The van der Waals surface area contributed by atoms with Crippen molar-refractivity contribution < 1.29 is 53.2 Å². The van der Waals surface area contributed by atoms with Crippen LogP contribution in [-0.4, -0.2) is 97.4 Å². The van der Waals surface area contributed by atoms with Crippen molar-refractivity contribution in [3.8, 4) is 11.5 Å². The zero-order valence-electron chi connectivity index (χ0n) is 37.2. The lowest BCUT2D eigenvalue weighted by atomic mass is 9.83. The molecule has 1 heterocycles. The largest absolute Gasteiger partial charge is 0.508 e. The minimum absolute atomic E-state index is 0.0178. The second-order valence-corrected chi connectivity index (χ2v) is 17.0. The summed E-state index contributed by atoms with van der Waals surface area (Å²) in [7, 11) is 2.57. The number of benzene rings is 2. The molecule has 0 aromatic heterocycles. The normalized spacial score (nSPS) is 20.2. The van der Waals surface area contributed by atoms with Gasteiger partial charge in [0, 0.05) is 32.3 Å². The summed E-state index contributed by atoms with van der Waals surface area (Å²) in [5.41, 5.74) is 1.56. The Kier molecular flexibility index (Phi) is 22.3. The number of methoxy groups -OCH3 is 2. The van der Waals surface area contributed by atoms with Crippen LogP contribution < -0.4 is 26.0 Å². The predicted octanol–water partition coefficient (Wildman–Crippen LogP) is 5.12. The third-order valence-electron chi connectivity index (χ3n) is 12.1. The molecular formula is C48H70N4O11. The molecule has 2 aromatic rings. The van der Waals surface area contributed by atoms with Crippen LogP contribution in [0.5, 0.6) is 11.5 Å². The summed E-state index contributed by atoms with van der Waals surface area (Å²) >= 11 is 0. The molecule has 0 radical (unpaired) electrons. The Morgan fingerprint density at radius 1 is 0.810 bits per heavy atom. The Hall–Kier alpha value is -5.18. The number of hydrogen-bond acceptors (Lipinski definition) is 11. The molecule has 2 fully saturated rings. The Morgan fingerprint density at radius 2 is 1.52 bits per heavy atom. The number of ether oxygens (including phenoxy) is 3. The lowest BCUT2D eigenvalue weighted by Gasteiger charge is -2.31. The van der Waals surface area contributed by atoms with E-state index in [9.17, 15) is 33.9 Å². The number of hydrogen-bond donors (Lipinski definition) is 6. The van der Waals surface area contributed by atoms with Crippen LogP contribution in [0.2, 0.25) is 0 Å². The summed E-state index contributed by atoms with van der Waals surface area (Å²) < 4.78 is 15.6. The van der Waals surface area contributed by atoms with Crippen molar-refractivity contribution >= 4 is 35.6 Å². The fourth-order valence-corrected chi connectivity index (χ4v) is 8.66. The summed E-state index contributed by atoms with van der Waals surface area (Å²) in [5.74, 6) is -1.19. The minimum Gasteiger partial charge on any atom is -0.508 e. The maximum absolute atomic E-state index is 13.2. The van der Waals surface area contributed by atoms with Crippen LogP contribution in [-0.2, 0) is 51.1 Å². The first-order valence-corrected chi connectivity index (χ1v) is 23.0. The van der Waals surface area contributed by atoms with Gasteiger partial charge in [-0.25, -0.2) is 9.59 Å². The number of carbonyl (C=O) groups is 6. The summed E-state index contributed by atoms with van der Waals surface area (Å²) in [6, 6.07) is 11.0. The zero-order valence-corrected chi connectivity index (χ0v) is 37.2. The van der Waals surface area contributed by atoms with Gasteiger partial charge in [0.05, 0.1) is 20.8 Å². The molecule has 15 nitrogen and oxygen atoms in total. The number of amides is 4. The van der Waals surface area contributed by atoms with E-state index in [4.69, 9.17) is 19.3 Å². The topological polar surface area (TPSA) is 219 Å². The summed E-state index contributed by atoms with van der Waals surface area (Å²) in [5, 5.41) is 30.1. The number of aliphatic hydroxyl groups is 1. The first-order valence-electron chi connectivity index (χ1n) is 23.0. The van der Waals surface area contributed by atoms with Gasteiger partial charge in [0.15, 0.2) is 0 Å². The molecule has 4 amide bonds. The maximum Gasteiger partial charge on any atom is 0.328 e. The molecule has 63 heavy (non-hydrogen) atoms. The van der Waals surface area contributed by atoms with Crippen molar-refractivity contribution in [2.45, 2.75) is 153 Å². The molecule has 1 aliphatic heterocycles. The van der Waals surface area contributed by atoms with Gasteiger partial charge in [-0.1, -0.05) is 69.2 Å². The molecule has 348 valence electrons. The zero-order chi connectivity index (χ0) is 45.4. The van der Waals surface area contributed by atoms with Crippen LogP contribution >= 0.6 is 0 Å². The number of unbranched alkanes of at least 4 members (excludes halogenated alkanes) is 2. The molecule has 3 aliphatic rings. The quantitative estimate of drug-likeness (QED) is 0.108. The highest BCUT2D eigenvalue weighted by Crippen LogP contribution is 2.28. The molecule has 2 aromatic carbocycles. The van der Waals surface area contributed by atoms with Crippen LogP contribution in [0.3, 0.4) is 0 Å². The molecule has 2 saturated carbocycles. The number of fused-ring (bicyclic) bond motifs is 2. The van der Waals surface area contributed by atoms with Crippen LogP contribution in [0, 0.1) is 11.8 Å². The SMILES string of the molecule is COC(=O)[C@@H]1Cc2cccc(c2)OCCCCCC(=O)N[C@@H](C2CCCCC2)C(=O)N1.COC(=O)[C@H](Cc1cccc(O)c1)NC(=O)[C@@H](NC(=O)CCCCCO)C1CCCCC1. The third kappa shape index (κ3) is 17.8. The highest BCUT2D eigenvalue weighted by molar-refractivity contribution is 5.92. The molecule has 2 bridgehead atoms. The Balaban J connectivity index is 0.000000277. The molecule has 5 rings (SSSR count). The van der Waals surface area contributed by atoms with E-state index in [1.54, 1.807) is 12.1 Å². The second-order valence-electron chi connectivity index (χ2n) is 17.0. The Bertz CT molecular complexity index is 1760. The van der Waals surface area contributed by atoms with E-state index in [2.05, 4.69) is 21.3 Å². The third-order valence-corrected chi connectivity index (χ3v) is 12.1. The predicted molar refractivity (Wildman–Crippen MR) is 236 cm³/mol. The smallest absolute Gasteiger partial charge is 0.328 e. The van der Waals surface area contributed by atoms with Gasteiger partial charge in [-0.3, -0.25) is 19.2 Å². The monoisotopic (exact) mass is 879 g/mol. The van der Waals surface area contributed by atoms with Crippen molar-refractivity contribution in [3.63, 3.8) is 0 Å². The number of carbonyl (C=O) groups excluding carboxylic acids is 6. The van der Waals surface area contributed by atoms with Crippen molar-refractivity contribution in [3.05, 3.63) is 59.7 Å². The lowest BCUT2D eigenvalue weighted by Crippen LogP contribution is -2.55. The van der Waals surface area contributed by atoms with Gasteiger partial charge < -0.3 is 45.7 Å². The van der Waals surface area contributed by atoms with E-state index in [1.807, 2.05) is 24.3 Å². The molecule has 2 aliphatic carbocycles. The number of nitrogens with one attached hydrogen (secondary N) is 4. The van der Waals surface area contributed by atoms with E-state index in [0.717, 1.165) is 101 Å². The summed E-state index contributed by atoms with van der Waals surface area (Å²) in [4.78, 5) is 76.3. The van der Waals surface area contributed by atoms with Crippen LogP contribution in [0.1, 0.15) is 127 Å². The Labute approximate surface area is 372 Å². The second kappa shape index (κ2) is 27.8. The fourth-order valence-electron chi connectivity index (χ4n) is 8.66. The number of phenolic OH excluding ortho intramolecular Hbond substituents is 1. The molecule has 15 heteroatoms. The number of rotatable bonds is 14. The Morgan fingerprint density at radius 3 is 2.22 bits per heavy atom. The summed E-state index contributed by atoms with van der Waals surface area (Å²) in [6.07, 6.45) is 15.5. The molecular weight excluding hydrogens is 809 g/mol. The van der Waals surface area contributed by atoms with Gasteiger partial charge in [-0.2, -0.15) is 0 Å². The van der Waals surface area contributed by atoms with Crippen molar-refractivity contribution in [2.75, 3.05) is 27.4 Å². The first kappa shape index (κ1) is 50.5. The minimum atomic E-state index is -0.929. The molecule has 0 spiro atoms. The van der Waals surface area contributed by atoms with Crippen molar-refractivity contribution in [2.24, 2.45) is 11.8 Å². The molecule has 6 N–H and O–H groups in total. The summed E-state index contributed by atoms with van der Waals surface area (Å²) in [6.45, 7) is 0.676. The van der Waals surface area contributed by atoms with Gasteiger partial charge in [0.25, 0.3) is 0 Å². The van der Waals surface area contributed by atoms with Gasteiger partial charge in [0.2, 0.25) is 23.6 Å². The van der Waals surface area contributed by atoms with Crippen LogP contribution in [0.25, 0.3) is 0 Å². The first-order chi connectivity index (χ1) is 30.5. The van der Waals surface area contributed by atoms with E-state index in [-0.39, 0.29) is 48.3 Å². The lowest BCUT2D eigenvalue weighted by molar-refractivity contribution is -0.146. The average Bonchev–Trinajstić information content (AvgIpc) is 3.29. The van der Waals surface area contributed by atoms with E-state index < -0.39 is 42.0 Å². The molecule has 4 atom stereocenters. The molecule has 0 saturated heterocycles. The standard InChI is InChI=1S/C24H36N2O6.C24H34N2O5/c1-32-24(31)20(16-17-9-8-12-19(28)15-17)25-23(30)22(18-10-4-2-5-11-18)26-21(29)13-6-3-7-14-27;1-30-24(29)20-16-17-9-8-12-19(15-17)31-14-7-3-6-13-21(27)26-22(23(28)25-20)18-10-4-2-5-11-18/h8-9,12,15,18,20,22,27-28H,2-7,10-11,13-14,16H2,1H3,(H,25,30)(H,26,29);8-9,12,15,18,20,22H,2-7,10-11,13-14,16H2,1H3,(H,25,28)(H,26,27)/t2*20-,22-/m00/s1.